The summed E-state index contributed by atoms with van der Waals surface area (Å²) in [6, 6.07) is 3.02. The third-order valence-corrected chi connectivity index (χ3v) is 3.18. The number of rotatable bonds is 4. The van der Waals surface area contributed by atoms with Crippen molar-refractivity contribution in [3.8, 4) is 0 Å². The van der Waals surface area contributed by atoms with Crippen molar-refractivity contribution in [3.05, 3.63) is 29.6 Å². The maximum Gasteiger partial charge on any atom is 0.339 e. The topological polar surface area (TPSA) is 77.5 Å². The predicted octanol–water partition coefficient (Wildman–Crippen LogP) is 1.17. The minimum atomic E-state index is -0.472. The Bertz CT molecular complexity index is 467. The molecule has 0 spiro atoms. The van der Waals surface area contributed by atoms with Crippen LogP contribution in [0.15, 0.2) is 18.3 Å². The fourth-order valence-electron chi connectivity index (χ4n) is 2.03. The van der Waals surface area contributed by atoms with Crippen LogP contribution in [0.25, 0.3) is 0 Å². The van der Waals surface area contributed by atoms with E-state index in [0.717, 1.165) is 25.9 Å². The molecule has 1 fully saturated rings. The van der Waals surface area contributed by atoms with E-state index in [0.29, 0.717) is 12.1 Å². The summed E-state index contributed by atoms with van der Waals surface area (Å²) in [5, 5.41) is 2.79. The van der Waals surface area contributed by atoms with Gasteiger partial charge < -0.3 is 14.8 Å². The molecular weight excluding hydrogens is 260 g/mol. The Kier molecular flexibility index (Phi) is 5.06. The minimum absolute atomic E-state index is 0.0852. The number of aromatic nitrogens is 1. The van der Waals surface area contributed by atoms with Gasteiger partial charge in [0, 0.05) is 19.3 Å². The van der Waals surface area contributed by atoms with Crippen molar-refractivity contribution in [2.75, 3.05) is 20.3 Å². The number of carbonyl (C=O) groups is 2. The van der Waals surface area contributed by atoms with Crippen molar-refractivity contribution in [2.24, 2.45) is 0 Å². The van der Waals surface area contributed by atoms with Gasteiger partial charge in [0.1, 0.15) is 5.69 Å². The second-order valence-corrected chi connectivity index (χ2v) is 4.62. The largest absolute Gasteiger partial charge is 0.465 e. The number of nitrogens with one attached hydrogen (secondary N) is 1. The number of pyridine rings is 1. The number of hydrogen-bond acceptors (Lipinski definition) is 5. The number of ether oxygens (including phenoxy) is 2. The van der Waals surface area contributed by atoms with Gasteiger partial charge in [-0.1, -0.05) is 0 Å². The number of hydrogen-bond donors (Lipinski definition) is 1. The van der Waals surface area contributed by atoms with Gasteiger partial charge in [-0.3, -0.25) is 9.78 Å². The predicted molar refractivity (Wildman–Crippen MR) is 71.5 cm³/mol. The average Bonchev–Trinajstić information content (AvgIpc) is 2.53. The van der Waals surface area contributed by atoms with E-state index in [-0.39, 0.29) is 17.7 Å². The van der Waals surface area contributed by atoms with Crippen LogP contribution in [0.2, 0.25) is 0 Å². The van der Waals surface area contributed by atoms with Crippen molar-refractivity contribution in [1.82, 2.24) is 10.3 Å². The van der Waals surface area contributed by atoms with Gasteiger partial charge in [0.15, 0.2) is 0 Å². The first-order valence-corrected chi connectivity index (χ1v) is 6.65. The van der Waals surface area contributed by atoms with Crippen LogP contribution in [0, 0.1) is 0 Å². The van der Waals surface area contributed by atoms with Gasteiger partial charge in [-0.05, 0) is 31.4 Å². The van der Waals surface area contributed by atoms with Gasteiger partial charge in [-0.15, -0.1) is 0 Å². The first kappa shape index (κ1) is 14.5. The van der Waals surface area contributed by atoms with E-state index in [1.165, 1.54) is 25.4 Å². The van der Waals surface area contributed by atoms with Gasteiger partial charge in [-0.25, -0.2) is 4.79 Å². The van der Waals surface area contributed by atoms with Gasteiger partial charge in [-0.2, -0.15) is 0 Å². The van der Waals surface area contributed by atoms with E-state index in [9.17, 15) is 9.59 Å². The van der Waals surface area contributed by atoms with Gasteiger partial charge in [0.2, 0.25) is 0 Å². The lowest BCUT2D eigenvalue weighted by atomic mass is 10.1. The number of carbonyl (C=O) groups excluding carboxylic acids is 2. The van der Waals surface area contributed by atoms with Crippen LogP contribution in [-0.4, -0.2) is 43.2 Å². The molecule has 2 rings (SSSR count). The SMILES string of the molecule is COC(=O)c1ccc(C(=O)NCC2CCCCO2)nc1. The Hall–Kier alpha value is -1.95. The Morgan fingerprint density at radius 1 is 1.45 bits per heavy atom. The second kappa shape index (κ2) is 7.00. The van der Waals surface area contributed by atoms with E-state index in [4.69, 9.17) is 4.74 Å². The summed E-state index contributed by atoms with van der Waals surface area (Å²) >= 11 is 0. The molecule has 20 heavy (non-hydrogen) atoms. The summed E-state index contributed by atoms with van der Waals surface area (Å²) in [7, 11) is 1.30. The van der Waals surface area contributed by atoms with E-state index >= 15 is 0 Å². The third kappa shape index (κ3) is 3.77. The Morgan fingerprint density at radius 2 is 2.30 bits per heavy atom. The molecule has 1 aromatic heterocycles. The monoisotopic (exact) mass is 278 g/mol. The van der Waals surface area contributed by atoms with Crippen molar-refractivity contribution in [3.63, 3.8) is 0 Å². The molecule has 1 unspecified atom stereocenters. The molecule has 0 radical (unpaired) electrons. The zero-order chi connectivity index (χ0) is 14.4. The molecule has 1 aliphatic rings. The summed E-state index contributed by atoms with van der Waals surface area (Å²) in [6.07, 6.45) is 4.60. The molecule has 2 heterocycles. The fraction of sp³-hybridized carbons (Fsp3) is 0.500. The fourth-order valence-corrected chi connectivity index (χ4v) is 2.03. The number of esters is 1. The highest BCUT2D eigenvalue weighted by Crippen LogP contribution is 2.11. The molecule has 6 nitrogen and oxygen atoms in total. The number of methoxy groups -OCH3 is 1. The number of nitrogens with zero attached hydrogens (tertiary/aromatic N) is 1. The molecule has 6 heteroatoms. The quantitative estimate of drug-likeness (QED) is 0.836. The summed E-state index contributed by atoms with van der Waals surface area (Å²) < 4.78 is 10.1. The Morgan fingerprint density at radius 3 is 2.90 bits per heavy atom. The van der Waals surface area contributed by atoms with E-state index in [2.05, 4.69) is 15.0 Å². The van der Waals surface area contributed by atoms with E-state index in [1.54, 1.807) is 0 Å². The van der Waals surface area contributed by atoms with Gasteiger partial charge >= 0.3 is 5.97 Å². The van der Waals surface area contributed by atoms with Crippen molar-refractivity contribution < 1.29 is 19.1 Å². The van der Waals surface area contributed by atoms with Gasteiger partial charge in [0.25, 0.3) is 5.91 Å². The lowest BCUT2D eigenvalue weighted by molar-refractivity contribution is 0.0168. The van der Waals surface area contributed by atoms with Crippen LogP contribution >= 0.6 is 0 Å². The minimum Gasteiger partial charge on any atom is -0.465 e. The zero-order valence-electron chi connectivity index (χ0n) is 11.4. The van der Waals surface area contributed by atoms with Crippen molar-refractivity contribution in [1.29, 1.82) is 0 Å². The molecule has 0 bridgehead atoms. The standard InChI is InChI=1S/C14H18N2O4/c1-19-14(18)10-5-6-12(15-8-10)13(17)16-9-11-4-2-3-7-20-11/h5-6,8,11H,2-4,7,9H2,1H3,(H,16,17). The summed E-state index contributed by atoms with van der Waals surface area (Å²) in [5.74, 6) is -0.740. The smallest absolute Gasteiger partial charge is 0.339 e. The van der Waals surface area contributed by atoms with Crippen molar-refractivity contribution >= 4 is 11.9 Å². The summed E-state index contributed by atoms with van der Waals surface area (Å²) in [5.41, 5.74) is 0.591. The highest BCUT2D eigenvalue weighted by Gasteiger charge is 2.16. The first-order valence-electron chi connectivity index (χ1n) is 6.65. The maximum absolute atomic E-state index is 11.9. The Balaban J connectivity index is 1.87. The van der Waals surface area contributed by atoms with Crippen LogP contribution in [0.4, 0.5) is 0 Å². The molecule has 0 saturated carbocycles. The van der Waals surface area contributed by atoms with Crippen LogP contribution in [0.3, 0.4) is 0 Å². The maximum atomic E-state index is 11.9. The van der Waals surface area contributed by atoms with Crippen LogP contribution in [0.1, 0.15) is 40.1 Å². The van der Waals surface area contributed by atoms with Gasteiger partial charge in [0.05, 0.1) is 18.8 Å². The average molecular weight is 278 g/mol. The Labute approximate surface area is 117 Å². The zero-order valence-corrected chi connectivity index (χ0v) is 11.4. The highest BCUT2D eigenvalue weighted by molar-refractivity contribution is 5.94. The molecule has 0 aliphatic carbocycles. The molecule has 1 saturated heterocycles. The molecule has 1 amide bonds. The molecular formula is C14H18N2O4. The molecule has 0 aromatic carbocycles. The molecule has 1 aromatic rings. The van der Waals surface area contributed by atoms with E-state index < -0.39 is 5.97 Å². The summed E-state index contributed by atoms with van der Waals surface area (Å²) in [6.45, 7) is 1.24. The molecule has 1 atom stereocenters. The van der Waals surface area contributed by atoms with Crippen LogP contribution in [-0.2, 0) is 9.47 Å². The summed E-state index contributed by atoms with van der Waals surface area (Å²) in [4.78, 5) is 27.1. The number of amides is 1. The second-order valence-electron chi connectivity index (χ2n) is 4.62. The molecule has 1 aliphatic heterocycles. The molecule has 1 N–H and O–H groups in total. The molecule has 108 valence electrons. The van der Waals surface area contributed by atoms with Crippen molar-refractivity contribution in [2.45, 2.75) is 25.4 Å². The van der Waals surface area contributed by atoms with Crippen LogP contribution < -0.4 is 5.32 Å². The highest BCUT2D eigenvalue weighted by atomic mass is 16.5. The normalized spacial score (nSPS) is 18.4. The third-order valence-electron chi connectivity index (χ3n) is 3.18. The van der Waals surface area contributed by atoms with Crippen LogP contribution in [0.5, 0.6) is 0 Å². The lowest BCUT2D eigenvalue weighted by Gasteiger charge is -2.22. The van der Waals surface area contributed by atoms with E-state index in [1.807, 2.05) is 0 Å². The first-order chi connectivity index (χ1) is 9.70. The lowest BCUT2D eigenvalue weighted by Crippen LogP contribution is -2.35.